The van der Waals surface area contributed by atoms with Crippen LogP contribution in [0.15, 0.2) is 0 Å². The van der Waals surface area contributed by atoms with E-state index in [2.05, 4.69) is 0 Å². The molecule has 0 bridgehead atoms. The highest BCUT2D eigenvalue weighted by Gasteiger charge is 2.56. The van der Waals surface area contributed by atoms with Crippen molar-refractivity contribution in [2.24, 2.45) is 0 Å². The zero-order chi connectivity index (χ0) is 16.1. The van der Waals surface area contributed by atoms with Crippen molar-refractivity contribution in [1.29, 1.82) is 0 Å². The lowest BCUT2D eigenvalue weighted by Crippen LogP contribution is -2.36. The first-order valence-corrected chi connectivity index (χ1v) is 7.82. The van der Waals surface area contributed by atoms with Crippen molar-refractivity contribution in [3.63, 3.8) is 0 Å². The Morgan fingerprint density at radius 2 is 1.90 bits per heavy atom. The Morgan fingerprint density at radius 1 is 1.24 bits per heavy atom. The van der Waals surface area contributed by atoms with Gasteiger partial charge in [-0.05, 0) is 37.2 Å². The summed E-state index contributed by atoms with van der Waals surface area (Å²) in [5.74, 6) is -3.85. The molecule has 1 N–H and O–H groups in total. The first kappa shape index (κ1) is 18.3. The van der Waals surface area contributed by atoms with E-state index in [0.717, 1.165) is 12.8 Å². The monoisotopic (exact) mass is 335 g/mol. The van der Waals surface area contributed by atoms with Gasteiger partial charge in [-0.2, -0.15) is 33.7 Å². The van der Waals surface area contributed by atoms with Crippen LogP contribution in [0.1, 0.15) is 32.1 Å². The summed E-state index contributed by atoms with van der Waals surface area (Å²) in [5.41, 5.74) is 0. The molecule has 1 amide bonds. The van der Waals surface area contributed by atoms with Crippen molar-refractivity contribution in [3.8, 4) is 0 Å². The number of amides is 1. The first-order valence-electron chi connectivity index (χ1n) is 6.67. The minimum absolute atomic E-state index is 0.0633. The molecule has 124 valence electrons. The number of thioether (sulfide) groups is 1. The smallest absolute Gasteiger partial charge is 0.453 e. The summed E-state index contributed by atoms with van der Waals surface area (Å²) in [6.45, 7) is 0.502. The van der Waals surface area contributed by atoms with Gasteiger partial charge >= 0.3 is 18.2 Å². The van der Waals surface area contributed by atoms with E-state index >= 15 is 0 Å². The summed E-state index contributed by atoms with van der Waals surface area (Å²) in [6.07, 6.45) is -5.68. The van der Waals surface area contributed by atoms with Gasteiger partial charge < -0.3 is 10.0 Å². The molecule has 1 aliphatic heterocycles. The molecule has 0 aromatic heterocycles. The van der Waals surface area contributed by atoms with Gasteiger partial charge in [0.1, 0.15) is 0 Å². The standard InChI is InChI=1S/C12H18F5NO2S/c13-11(14,12(15,16)17)5-2-7-21-8-4-9-3-1-6-18(9)10(19)20/h9H,1-8H2,(H,19,20)/t9-/m0/s1. The normalized spacial score (nSPS) is 20.0. The summed E-state index contributed by atoms with van der Waals surface area (Å²) in [5, 5.41) is 8.92. The van der Waals surface area contributed by atoms with E-state index in [4.69, 9.17) is 5.11 Å². The maximum atomic E-state index is 12.6. The maximum Gasteiger partial charge on any atom is 0.453 e. The van der Waals surface area contributed by atoms with Gasteiger partial charge in [-0.15, -0.1) is 0 Å². The third-order valence-electron chi connectivity index (χ3n) is 3.41. The van der Waals surface area contributed by atoms with Crippen LogP contribution in [0.3, 0.4) is 0 Å². The molecule has 9 heteroatoms. The van der Waals surface area contributed by atoms with Crippen LogP contribution in [-0.2, 0) is 0 Å². The average molecular weight is 335 g/mol. The van der Waals surface area contributed by atoms with Gasteiger partial charge in [-0.3, -0.25) is 0 Å². The van der Waals surface area contributed by atoms with Crippen molar-refractivity contribution < 1.29 is 31.9 Å². The van der Waals surface area contributed by atoms with Gasteiger partial charge in [0.05, 0.1) is 0 Å². The maximum absolute atomic E-state index is 12.6. The highest BCUT2D eigenvalue weighted by Crippen LogP contribution is 2.39. The SMILES string of the molecule is O=C(O)N1CCC[C@H]1CCSCCCC(F)(F)C(F)(F)F. The Balaban J connectivity index is 2.14. The van der Waals surface area contributed by atoms with E-state index in [1.165, 1.54) is 16.7 Å². The Labute approximate surface area is 123 Å². The fourth-order valence-corrected chi connectivity index (χ4v) is 3.24. The average Bonchev–Trinajstić information content (AvgIpc) is 2.80. The minimum Gasteiger partial charge on any atom is -0.465 e. The molecule has 1 atom stereocenters. The Bertz CT molecular complexity index is 351. The van der Waals surface area contributed by atoms with Crippen LogP contribution in [0.4, 0.5) is 26.7 Å². The van der Waals surface area contributed by atoms with E-state index in [-0.39, 0.29) is 18.2 Å². The van der Waals surface area contributed by atoms with Crippen molar-refractivity contribution in [3.05, 3.63) is 0 Å². The number of carbonyl (C=O) groups is 1. The number of alkyl halides is 5. The fraction of sp³-hybridized carbons (Fsp3) is 0.917. The molecule has 1 saturated heterocycles. The van der Waals surface area contributed by atoms with Crippen LogP contribution in [-0.4, -0.2) is 52.3 Å². The summed E-state index contributed by atoms with van der Waals surface area (Å²) < 4.78 is 61.0. The van der Waals surface area contributed by atoms with Gasteiger partial charge in [0.15, 0.2) is 0 Å². The molecular formula is C12H18F5NO2S. The molecule has 3 nitrogen and oxygen atoms in total. The van der Waals surface area contributed by atoms with Gasteiger partial charge in [-0.25, -0.2) is 4.79 Å². The molecule has 0 unspecified atom stereocenters. The summed E-state index contributed by atoms with van der Waals surface area (Å²) in [7, 11) is 0. The zero-order valence-corrected chi connectivity index (χ0v) is 12.2. The number of hydrogen-bond donors (Lipinski definition) is 1. The minimum atomic E-state index is -5.48. The number of rotatable bonds is 7. The fourth-order valence-electron chi connectivity index (χ4n) is 2.25. The molecule has 1 aliphatic rings. The van der Waals surface area contributed by atoms with E-state index in [9.17, 15) is 26.7 Å². The molecule has 0 radical (unpaired) electrons. The summed E-state index contributed by atoms with van der Waals surface area (Å²) in [6, 6.07) is -0.0633. The topological polar surface area (TPSA) is 40.5 Å². The summed E-state index contributed by atoms with van der Waals surface area (Å²) in [4.78, 5) is 12.2. The van der Waals surface area contributed by atoms with Crippen LogP contribution >= 0.6 is 11.8 Å². The Kier molecular flexibility index (Phi) is 6.55. The molecule has 21 heavy (non-hydrogen) atoms. The molecule has 0 aromatic rings. The lowest BCUT2D eigenvalue weighted by atomic mass is 10.2. The molecule has 0 aromatic carbocycles. The predicted octanol–water partition coefficient (Wildman–Crippen LogP) is 4.23. The van der Waals surface area contributed by atoms with Crippen LogP contribution in [0.25, 0.3) is 0 Å². The second-order valence-electron chi connectivity index (χ2n) is 4.98. The molecular weight excluding hydrogens is 317 g/mol. The van der Waals surface area contributed by atoms with Crippen LogP contribution < -0.4 is 0 Å². The van der Waals surface area contributed by atoms with Crippen LogP contribution in [0, 0.1) is 0 Å². The zero-order valence-electron chi connectivity index (χ0n) is 11.3. The molecule has 0 aliphatic carbocycles. The third-order valence-corrected chi connectivity index (χ3v) is 4.51. The van der Waals surface area contributed by atoms with Crippen molar-refractivity contribution in [1.82, 2.24) is 4.90 Å². The van der Waals surface area contributed by atoms with Crippen molar-refractivity contribution in [2.45, 2.75) is 50.2 Å². The Hall–Kier alpha value is -0.730. The van der Waals surface area contributed by atoms with Crippen molar-refractivity contribution >= 4 is 17.9 Å². The van der Waals surface area contributed by atoms with Gasteiger partial charge in [0.25, 0.3) is 0 Å². The number of carboxylic acid groups (broad SMARTS) is 1. The van der Waals surface area contributed by atoms with E-state index in [1.54, 1.807) is 0 Å². The van der Waals surface area contributed by atoms with Gasteiger partial charge in [-0.1, -0.05) is 0 Å². The Morgan fingerprint density at radius 3 is 2.48 bits per heavy atom. The molecule has 1 rings (SSSR count). The highest BCUT2D eigenvalue weighted by molar-refractivity contribution is 7.99. The van der Waals surface area contributed by atoms with Crippen molar-refractivity contribution in [2.75, 3.05) is 18.1 Å². The summed E-state index contributed by atoms with van der Waals surface area (Å²) >= 11 is 1.28. The molecule has 1 heterocycles. The second kappa shape index (κ2) is 7.51. The van der Waals surface area contributed by atoms with Gasteiger partial charge in [0, 0.05) is 19.0 Å². The molecule has 0 saturated carbocycles. The van der Waals surface area contributed by atoms with Crippen LogP contribution in [0.2, 0.25) is 0 Å². The number of likely N-dealkylation sites (tertiary alicyclic amines) is 1. The van der Waals surface area contributed by atoms with Crippen LogP contribution in [0.5, 0.6) is 0 Å². The largest absolute Gasteiger partial charge is 0.465 e. The molecule has 0 spiro atoms. The lowest BCUT2D eigenvalue weighted by molar-refractivity contribution is -0.284. The van der Waals surface area contributed by atoms with E-state index < -0.39 is 24.6 Å². The second-order valence-corrected chi connectivity index (χ2v) is 6.20. The quantitative estimate of drug-likeness (QED) is 0.559. The number of halogens is 5. The highest BCUT2D eigenvalue weighted by atomic mass is 32.2. The predicted molar refractivity (Wildman–Crippen MR) is 69.9 cm³/mol. The van der Waals surface area contributed by atoms with E-state index in [1.807, 2.05) is 0 Å². The number of hydrogen-bond acceptors (Lipinski definition) is 2. The first-order chi connectivity index (χ1) is 9.65. The number of nitrogens with zero attached hydrogens (tertiary/aromatic N) is 1. The molecule has 1 fully saturated rings. The van der Waals surface area contributed by atoms with Gasteiger partial charge in [0.2, 0.25) is 0 Å². The van der Waals surface area contributed by atoms with E-state index in [0.29, 0.717) is 18.7 Å². The lowest BCUT2D eigenvalue weighted by Gasteiger charge is -2.21. The third kappa shape index (κ3) is 5.52.